The number of aryl methyl sites for hydroxylation is 1. The van der Waals surface area contributed by atoms with Gasteiger partial charge >= 0.3 is 0 Å². The predicted octanol–water partition coefficient (Wildman–Crippen LogP) is 4.22. The lowest BCUT2D eigenvalue weighted by Gasteiger charge is -2.21. The number of hydrogen-bond donors (Lipinski definition) is 3. The van der Waals surface area contributed by atoms with E-state index < -0.39 is 37.1 Å². The van der Waals surface area contributed by atoms with Crippen LogP contribution < -0.4 is 21.5 Å². The van der Waals surface area contributed by atoms with Crippen molar-refractivity contribution in [1.82, 2.24) is 4.98 Å². The number of halogens is 1. The zero-order valence-corrected chi connectivity index (χ0v) is 20.4. The molecular weight excluding hydrogens is 494 g/mol. The SMILES string of the molecule is CC[C@@H](Nc1c(Nc2ccc(Cl)c(S(=O)(=O)Cc3ccncc3)c2O)c(=O)c1=O)c1ccc(C)o1. The Morgan fingerprint density at radius 2 is 1.74 bits per heavy atom. The molecule has 35 heavy (non-hydrogen) atoms. The minimum absolute atomic E-state index is 0.0199. The van der Waals surface area contributed by atoms with Gasteiger partial charge in [0.2, 0.25) is 0 Å². The second-order valence-electron chi connectivity index (χ2n) is 7.97. The van der Waals surface area contributed by atoms with Crippen molar-refractivity contribution in [3.05, 3.63) is 91.3 Å². The van der Waals surface area contributed by atoms with Crippen LogP contribution in [0.3, 0.4) is 0 Å². The number of phenolic OH excluding ortho intramolecular Hbond substituents is 1. The summed E-state index contributed by atoms with van der Waals surface area (Å²) in [5.41, 5.74) is -1.22. The van der Waals surface area contributed by atoms with Crippen molar-refractivity contribution >= 4 is 38.5 Å². The molecular formula is C24H22ClN3O6S. The molecule has 11 heteroatoms. The van der Waals surface area contributed by atoms with Crippen molar-refractivity contribution in [1.29, 1.82) is 0 Å². The number of rotatable bonds is 9. The summed E-state index contributed by atoms with van der Waals surface area (Å²) in [6, 6.07) is 8.90. The summed E-state index contributed by atoms with van der Waals surface area (Å²) in [6.07, 6.45) is 3.48. The summed E-state index contributed by atoms with van der Waals surface area (Å²) in [4.78, 5) is 28.0. The highest BCUT2D eigenvalue weighted by Gasteiger charge is 2.29. The minimum Gasteiger partial charge on any atom is -0.504 e. The zero-order chi connectivity index (χ0) is 25.3. The van der Waals surface area contributed by atoms with Crippen LogP contribution in [0.1, 0.15) is 36.5 Å². The number of nitrogens with zero attached hydrogens (tertiary/aromatic N) is 1. The molecule has 2 aromatic carbocycles. The Balaban J connectivity index is 1.65. The van der Waals surface area contributed by atoms with Gasteiger partial charge in [0.05, 0.1) is 22.5 Å². The smallest absolute Gasteiger partial charge is 0.253 e. The fraction of sp³-hybridized carbons (Fsp3) is 0.208. The van der Waals surface area contributed by atoms with Crippen LogP contribution in [0, 0.1) is 6.92 Å². The highest BCUT2D eigenvalue weighted by Crippen LogP contribution is 2.40. The van der Waals surface area contributed by atoms with E-state index in [-0.39, 0.29) is 28.1 Å². The van der Waals surface area contributed by atoms with Crippen LogP contribution in [-0.4, -0.2) is 18.5 Å². The molecule has 0 amide bonds. The van der Waals surface area contributed by atoms with Gasteiger partial charge in [-0.05, 0) is 55.3 Å². The van der Waals surface area contributed by atoms with Crippen molar-refractivity contribution in [3.63, 3.8) is 0 Å². The lowest BCUT2D eigenvalue weighted by atomic mass is 10.1. The Bertz CT molecular complexity index is 1560. The normalized spacial score (nSPS) is 12.5. The fourth-order valence-electron chi connectivity index (χ4n) is 3.69. The molecule has 0 aliphatic heterocycles. The number of benzene rings is 1. The van der Waals surface area contributed by atoms with E-state index in [0.29, 0.717) is 23.5 Å². The maximum absolute atomic E-state index is 13.0. The van der Waals surface area contributed by atoms with E-state index >= 15 is 0 Å². The molecule has 0 saturated carbocycles. The predicted molar refractivity (Wildman–Crippen MR) is 133 cm³/mol. The summed E-state index contributed by atoms with van der Waals surface area (Å²) < 4.78 is 31.7. The van der Waals surface area contributed by atoms with E-state index in [1.165, 1.54) is 36.7 Å². The van der Waals surface area contributed by atoms with Gasteiger partial charge in [0.25, 0.3) is 10.9 Å². The number of pyridine rings is 1. The molecule has 9 nitrogen and oxygen atoms in total. The van der Waals surface area contributed by atoms with Crippen LogP contribution in [-0.2, 0) is 15.6 Å². The fourth-order valence-corrected chi connectivity index (χ4v) is 5.74. The lowest BCUT2D eigenvalue weighted by Crippen LogP contribution is -2.37. The number of aromatic nitrogens is 1. The molecule has 0 bridgehead atoms. The summed E-state index contributed by atoms with van der Waals surface area (Å²) in [5, 5.41) is 16.3. The molecule has 2 heterocycles. The van der Waals surface area contributed by atoms with Crippen molar-refractivity contribution in [2.24, 2.45) is 0 Å². The molecule has 0 spiro atoms. The lowest BCUT2D eigenvalue weighted by molar-refractivity contribution is 0.452. The molecule has 2 aromatic heterocycles. The van der Waals surface area contributed by atoms with E-state index in [1.54, 1.807) is 19.1 Å². The molecule has 1 atom stereocenters. The molecule has 4 aromatic rings. The summed E-state index contributed by atoms with van der Waals surface area (Å²) in [6.45, 7) is 3.68. The largest absolute Gasteiger partial charge is 0.504 e. The van der Waals surface area contributed by atoms with Gasteiger partial charge in [0.15, 0.2) is 15.6 Å². The average Bonchev–Trinajstić information content (AvgIpc) is 3.25. The molecule has 0 aliphatic carbocycles. The van der Waals surface area contributed by atoms with Crippen LogP contribution >= 0.6 is 11.6 Å². The van der Waals surface area contributed by atoms with Gasteiger partial charge in [-0.25, -0.2) is 8.42 Å². The molecule has 3 N–H and O–H groups in total. The Labute approximate surface area is 206 Å². The Kier molecular flexibility index (Phi) is 6.68. The van der Waals surface area contributed by atoms with Gasteiger partial charge < -0.3 is 20.2 Å². The number of nitrogens with one attached hydrogen (secondary N) is 2. The highest BCUT2D eigenvalue weighted by molar-refractivity contribution is 7.90. The van der Waals surface area contributed by atoms with Gasteiger partial charge in [-0.3, -0.25) is 14.6 Å². The Morgan fingerprint density at radius 1 is 1.06 bits per heavy atom. The molecule has 0 radical (unpaired) electrons. The number of aromatic hydroxyl groups is 1. The van der Waals surface area contributed by atoms with E-state index in [0.717, 1.165) is 0 Å². The topological polar surface area (TPSA) is 139 Å². The second kappa shape index (κ2) is 9.55. The van der Waals surface area contributed by atoms with Gasteiger partial charge in [-0.2, -0.15) is 0 Å². The quantitative estimate of drug-likeness (QED) is 0.221. The third-order valence-corrected chi connectivity index (χ3v) is 7.68. The Morgan fingerprint density at radius 3 is 2.37 bits per heavy atom. The maximum Gasteiger partial charge on any atom is 0.253 e. The maximum atomic E-state index is 13.0. The standard InChI is InChI=1S/C24H22ClN3O6S/c1-3-16(18-7-4-13(2)34-18)27-19-20(23(31)22(19)30)28-17-6-5-15(25)24(21(17)29)35(32,33)12-14-8-10-26-11-9-14/h4-11,16,27-29H,3,12H2,1-2H3/t16-/m1/s1. The number of furan rings is 1. The van der Waals surface area contributed by atoms with Crippen LogP contribution in [0.4, 0.5) is 17.1 Å². The molecule has 182 valence electrons. The van der Waals surface area contributed by atoms with E-state index in [2.05, 4.69) is 15.6 Å². The molecule has 0 saturated heterocycles. The summed E-state index contributed by atoms with van der Waals surface area (Å²) >= 11 is 6.14. The summed E-state index contributed by atoms with van der Waals surface area (Å²) in [7, 11) is -4.06. The zero-order valence-electron chi connectivity index (χ0n) is 18.8. The average molecular weight is 516 g/mol. The highest BCUT2D eigenvalue weighted by atomic mass is 35.5. The van der Waals surface area contributed by atoms with Gasteiger partial charge in [0, 0.05) is 12.4 Å². The van der Waals surface area contributed by atoms with Gasteiger partial charge in [-0.1, -0.05) is 18.5 Å². The Hall–Kier alpha value is -3.63. The first-order chi connectivity index (χ1) is 16.6. The van der Waals surface area contributed by atoms with Crippen LogP contribution in [0.2, 0.25) is 5.02 Å². The molecule has 0 aliphatic rings. The first-order valence-corrected chi connectivity index (χ1v) is 12.7. The molecule has 0 fully saturated rings. The van der Waals surface area contributed by atoms with E-state index in [9.17, 15) is 23.1 Å². The number of anilines is 3. The third kappa shape index (κ3) is 4.80. The number of hydrogen-bond acceptors (Lipinski definition) is 9. The van der Waals surface area contributed by atoms with Gasteiger partial charge in [-0.15, -0.1) is 0 Å². The van der Waals surface area contributed by atoms with Crippen molar-refractivity contribution in [2.45, 2.75) is 37.0 Å². The van der Waals surface area contributed by atoms with E-state index in [4.69, 9.17) is 16.0 Å². The van der Waals surface area contributed by atoms with Crippen LogP contribution in [0.15, 0.2) is 67.7 Å². The van der Waals surface area contributed by atoms with Gasteiger partial charge in [0.1, 0.15) is 27.8 Å². The second-order valence-corrected chi connectivity index (χ2v) is 10.3. The first kappa shape index (κ1) is 24.5. The third-order valence-electron chi connectivity index (χ3n) is 5.50. The number of phenols is 1. The first-order valence-electron chi connectivity index (χ1n) is 10.7. The minimum atomic E-state index is -4.06. The van der Waals surface area contributed by atoms with Crippen molar-refractivity contribution in [3.8, 4) is 5.75 Å². The monoisotopic (exact) mass is 515 g/mol. The molecule has 4 rings (SSSR count). The van der Waals surface area contributed by atoms with Crippen molar-refractivity contribution in [2.75, 3.05) is 10.6 Å². The number of sulfone groups is 1. The van der Waals surface area contributed by atoms with Crippen molar-refractivity contribution < 1.29 is 17.9 Å². The van der Waals surface area contributed by atoms with Crippen LogP contribution in [0.25, 0.3) is 0 Å². The summed E-state index contributed by atoms with van der Waals surface area (Å²) in [5.74, 6) is 0.233. The van der Waals surface area contributed by atoms with Crippen LogP contribution in [0.5, 0.6) is 5.75 Å². The van der Waals surface area contributed by atoms with E-state index in [1.807, 2.05) is 6.92 Å². The molecule has 0 unspecified atom stereocenters.